The Morgan fingerprint density at radius 1 is 1.12 bits per heavy atom. The number of carbonyl (C=O) groups excluding carboxylic acids is 1. The summed E-state index contributed by atoms with van der Waals surface area (Å²) in [6.45, 7) is 2.88. The molecule has 26 heavy (non-hydrogen) atoms. The Labute approximate surface area is 150 Å². The van der Waals surface area contributed by atoms with Crippen LogP contribution in [0.25, 0.3) is 10.8 Å². The average molecular weight is 349 g/mol. The standard InChI is InChI=1S/C20H20N4O2/c25-19-17-9-5-4-8-16(17)18(22-23-19)20(26)21-15-10-11-24(13-15)12-14-6-2-1-3-7-14/h1-9,15H,10-13H2,(H,21,26)(H,23,25)/p+1/t15-/m0/s1. The molecule has 2 heterocycles. The van der Waals surface area contributed by atoms with Crippen LogP contribution in [0.4, 0.5) is 0 Å². The van der Waals surface area contributed by atoms with E-state index in [9.17, 15) is 9.59 Å². The van der Waals surface area contributed by atoms with Gasteiger partial charge in [0.25, 0.3) is 11.5 Å². The number of nitrogens with zero attached hydrogens (tertiary/aromatic N) is 1. The molecule has 6 nitrogen and oxygen atoms in total. The first-order valence-electron chi connectivity index (χ1n) is 8.86. The molecule has 1 aliphatic rings. The predicted molar refractivity (Wildman–Crippen MR) is 99.1 cm³/mol. The van der Waals surface area contributed by atoms with Crippen LogP contribution >= 0.6 is 0 Å². The lowest BCUT2D eigenvalue weighted by atomic mass is 10.1. The van der Waals surface area contributed by atoms with Gasteiger partial charge in [-0.25, -0.2) is 5.10 Å². The molecule has 1 fully saturated rings. The summed E-state index contributed by atoms with van der Waals surface area (Å²) in [4.78, 5) is 26.0. The molecule has 1 unspecified atom stereocenters. The van der Waals surface area contributed by atoms with E-state index >= 15 is 0 Å². The highest BCUT2D eigenvalue weighted by atomic mass is 16.2. The number of H-pyrrole nitrogens is 1. The van der Waals surface area contributed by atoms with Gasteiger partial charge in [-0.3, -0.25) is 9.59 Å². The maximum Gasteiger partial charge on any atom is 0.272 e. The van der Waals surface area contributed by atoms with Crippen molar-refractivity contribution in [1.29, 1.82) is 0 Å². The number of fused-ring (bicyclic) bond motifs is 1. The molecule has 3 N–H and O–H groups in total. The number of aromatic nitrogens is 2. The summed E-state index contributed by atoms with van der Waals surface area (Å²) in [5, 5.41) is 10.5. The van der Waals surface area contributed by atoms with Crippen molar-refractivity contribution in [3.63, 3.8) is 0 Å². The van der Waals surface area contributed by atoms with Crippen molar-refractivity contribution < 1.29 is 9.69 Å². The monoisotopic (exact) mass is 349 g/mol. The van der Waals surface area contributed by atoms with Gasteiger partial charge in [-0.1, -0.05) is 48.5 Å². The van der Waals surface area contributed by atoms with Gasteiger partial charge in [-0.05, 0) is 6.07 Å². The number of carbonyl (C=O) groups is 1. The minimum atomic E-state index is -0.281. The highest BCUT2D eigenvalue weighted by molar-refractivity contribution is 6.04. The van der Waals surface area contributed by atoms with Crippen molar-refractivity contribution in [2.75, 3.05) is 13.1 Å². The lowest BCUT2D eigenvalue weighted by molar-refractivity contribution is -0.901. The number of rotatable bonds is 4. The summed E-state index contributed by atoms with van der Waals surface area (Å²) in [6.07, 6.45) is 0.940. The second kappa shape index (κ2) is 7.09. The lowest BCUT2D eigenvalue weighted by Gasteiger charge is -2.14. The molecule has 0 bridgehead atoms. The molecule has 1 amide bonds. The molecule has 1 saturated heterocycles. The van der Waals surface area contributed by atoms with Crippen molar-refractivity contribution >= 4 is 16.7 Å². The Balaban J connectivity index is 1.45. The van der Waals surface area contributed by atoms with Gasteiger partial charge in [-0.15, -0.1) is 0 Å². The van der Waals surface area contributed by atoms with Crippen LogP contribution in [0.1, 0.15) is 22.5 Å². The molecule has 6 heteroatoms. The molecule has 1 aromatic heterocycles. The molecule has 3 aromatic rings. The first kappa shape index (κ1) is 16.5. The van der Waals surface area contributed by atoms with E-state index in [2.05, 4.69) is 39.8 Å². The highest BCUT2D eigenvalue weighted by Crippen LogP contribution is 2.12. The molecule has 2 aromatic carbocycles. The number of aromatic amines is 1. The number of nitrogens with one attached hydrogen (secondary N) is 3. The Bertz CT molecular complexity index is 984. The molecule has 132 valence electrons. The topological polar surface area (TPSA) is 79.3 Å². The molecule has 0 spiro atoms. The molecule has 4 rings (SSSR count). The van der Waals surface area contributed by atoms with Crippen molar-refractivity contribution in [3.8, 4) is 0 Å². The zero-order valence-electron chi connectivity index (χ0n) is 14.4. The van der Waals surface area contributed by atoms with Crippen molar-refractivity contribution in [2.45, 2.75) is 19.0 Å². The van der Waals surface area contributed by atoms with Gasteiger partial charge in [0.2, 0.25) is 0 Å². The predicted octanol–water partition coefficient (Wildman–Crippen LogP) is 0.510. The smallest absolute Gasteiger partial charge is 0.272 e. The van der Waals surface area contributed by atoms with Crippen LogP contribution in [0.3, 0.4) is 0 Å². The molecular formula is C20H21N4O2+. The second-order valence-electron chi connectivity index (χ2n) is 6.77. The van der Waals surface area contributed by atoms with E-state index in [-0.39, 0.29) is 23.2 Å². The number of likely N-dealkylation sites (tertiary alicyclic amines) is 1. The molecule has 0 radical (unpaired) electrons. The fourth-order valence-corrected chi connectivity index (χ4v) is 3.64. The third-order valence-electron chi connectivity index (χ3n) is 4.92. The number of benzene rings is 2. The third-order valence-corrected chi connectivity index (χ3v) is 4.92. The van der Waals surface area contributed by atoms with Crippen LogP contribution < -0.4 is 15.8 Å². The normalized spacial score (nSPS) is 19.5. The lowest BCUT2D eigenvalue weighted by Crippen LogP contribution is -3.09. The van der Waals surface area contributed by atoms with E-state index in [0.29, 0.717) is 10.8 Å². The fraction of sp³-hybridized carbons (Fsp3) is 0.250. The highest BCUT2D eigenvalue weighted by Gasteiger charge is 2.28. The minimum Gasteiger partial charge on any atom is -0.342 e. The summed E-state index contributed by atoms with van der Waals surface area (Å²) in [7, 11) is 0. The van der Waals surface area contributed by atoms with Crippen LogP contribution in [0, 0.1) is 0 Å². The summed E-state index contributed by atoms with van der Waals surface area (Å²) in [5.41, 5.74) is 1.30. The van der Waals surface area contributed by atoms with Crippen molar-refractivity contribution in [3.05, 3.63) is 76.2 Å². The minimum absolute atomic E-state index is 0.119. The second-order valence-corrected chi connectivity index (χ2v) is 6.77. The van der Waals surface area contributed by atoms with Crippen LogP contribution in [0.2, 0.25) is 0 Å². The van der Waals surface area contributed by atoms with E-state index < -0.39 is 0 Å². The number of quaternary nitrogens is 1. The Morgan fingerprint density at radius 3 is 2.65 bits per heavy atom. The van der Waals surface area contributed by atoms with Crippen molar-refractivity contribution in [1.82, 2.24) is 15.5 Å². The summed E-state index contributed by atoms with van der Waals surface area (Å²) in [5.74, 6) is -0.233. The Hall–Kier alpha value is -2.99. The Morgan fingerprint density at radius 2 is 1.85 bits per heavy atom. The zero-order valence-corrected chi connectivity index (χ0v) is 14.4. The van der Waals surface area contributed by atoms with Gasteiger partial charge < -0.3 is 10.2 Å². The van der Waals surface area contributed by atoms with Crippen LogP contribution in [-0.2, 0) is 6.54 Å². The largest absolute Gasteiger partial charge is 0.342 e. The van der Waals surface area contributed by atoms with Crippen molar-refractivity contribution in [2.24, 2.45) is 0 Å². The Kier molecular flexibility index (Phi) is 4.50. The quantitative estimate of drug-likeness (QED) is 0.642. The third kappa shape index (κ3) is 3.36. The maximum absolute atomic E-state index is 12.7. The fourth-order valence-electron chi connectivity index (χ4n) is 3.64. The van der Waals surface area contributed by atoms with E-state index in [1.54, 1.807) is 18.2 Å². The van der Waals surface area contributed by atoms with Gasteiger partial charge >= 0.3 is 0 Å². The van der Waals surface area contributed by atoms with Gasteiger partial charge in [0.05, 0.1) is 24.5 Å². The molecule has 2 atom stereocenters. The molecule has 0 aliphatic carbocycles. The number of amides is 1. The molecular weight excluding hydrogens is 328 g/mol. The summed E-state index contributed by atoms with van der Waals surface area (Å²) >= 11 is 0. The first-order chi connectivity index (χ1) is 12.7. The summed E-state index contributed by atoms with van der Waals surface area (Å²) in [6, 6.07) is 17.6. The molecule has 1 aliphatic heterocycles. The van der Waals surface area contributed by atoms with E-state index in [1.807, 2.05) is 12.1 Å². The molecule has 0 saturated carbocycles. The SMILES string of the molecule is O=C(N[C@H]1CC[NH+](Cc2ccccc2)C1)c1n[nH]c(=O)c2ccccc12. The first-order valence-corrected chi connectivity index (χ1v) is 8.86. The van der Waals surface area contributed by atoms with Gasteiger partial charge in [0, 0.05) is 17.4 Å². The zero-order chi connectivity index (χ0) is 17.9. The van der Waals surface area contributed by atoms with Crippen LogP contribution in [0.15, 0.2) is 59.4 Å². The number of hydrogen-bond donors (Lipinski definition) is 3. The van der Waals surface area contributed by atoms with Gasteiger partial charge in [-0.2, -0.15) is 5.10 Å². The van der Waals surface area contributed by atoms with Crippen LogP contribution in [-0.4, -0.2) is 35.2 Å². The average Bonchev–Trinajstić information content (AvgIpc) is 3.10. The van der Waals surface area contributed by atoms with E-state index in [4.69, 9.17) is 0 Å². The maximum atomic E-state index is 12.7. The summed E-state index contributed by atoms with van der Waals surface area (Å²) < 4.78 is 0. The number of hydrogen-bond acceptors (Lipinski definition) is 3. The van der Waals surface area contributed by atoms with Gasteiger partial charge in [0.1, 0.15) is 6.54 Å². The van der Waals surface area contributed by atoms with Crippen LogP contribution in [0.5, 0.6) is 0 Å². The van der Waals surface area contributed by atoms with E-state index in [0.717, 1.165) is 26.1 Å². The van der Waals surface area contributed by atoms with Gasteiger partial charge in [0.15, 0.2) is 5.69 Å². The van der Waals surface area contributed by atoms with E-state index in [1.165, 1.54) is 10.5 Å².